The third kappa shape index (κ3) is 6.55. The van der Waals surface area contributed by atoms with Crippen molar-refractivity contribution in [2.45, 2.75) is 6.42 Å². The molecule has 0 aliphatic heterocycles. The predicted octanol–water partition coefficient (Wildman–Crippen LogP) is 0.0113. The molecule has 0 aromatic carbocycles. The highest BCUT2D eigenvalue weighted by Crippen LogP contribution is 1.91. The highest BCUT2D eigenvalue weighted by molar-refractivity contribution is 7.89. The number of alkyl halides is 1. The molecule has 0 spiro atoms. The standard InChI is InChI=1S/C5H13ClN2O2S/c1-8(2)7-11(9,10)5-3-4-6/h7H,3-5H2,1-2H3. The molecule has 0 amide bonds. The molecule has 0 bridgehead atoms. The molecule has 0 aliphatic rings. The molecule has 0 rings (SSSR count). The molecular weight excluding hydrogens is 188 g/mol. The molecule has 0 heterocycles. The van der Waals surface area contributed by atoms with Crippen LogP contribution in [0.25, 0.3) is 0 Å². The number of rotatable bonds is 5. The van der Waals surface area contributed by atoms with Crippen LogP contribution >= 0.6 is 11.6 Å². The summed E-state index contributed by atoms with van der Waals surface area (Å²) in [5.74, 6) is 0.447. The van der Waals surface area contributed by atoms with Crippen molar-refractivity contribution in [1.29, 1.82) is 0 Å². The molecule has 0 aliphatic carbocycles. The average Bonchev–Trinajstić information content (AvgIpc) is 1.81. The Bertz CT molecular complexity index is 191. The highest BCUT2D eigenvalue weighted by Gasteiger charge is 2.08. The number of hydrogen-bond acceptors (Lipinski definition) is 3. The number of nitrogens with one attached hydrogen (secondary N) is 1. The van der Waals surface area contributed by atoms with Crippen LogP contribution in [0.3, 0.4) is 0 Å². The van der Waals surface area contributed by atoms with Crippen molar-refractivity contribution in [2.75, 3.05) is 25.7 Å². The first-order valence-corrected chi connectivity index (χ1v) is 5.40. The fourth-order valence-corrected chi connectivity index (χ4v) is 2.03. The van der Waals surface area contributed by atoms with Crippen LogP contribution in [0, 0.1) is 0 Å². The van der Waals surface area contributed by atoms with E-state index in [2.05, 4.69) is 4.83 Å². The van der Waals surface area contributed by atoms with Gasteiger partial charge in [0.2, 0.25) is 10.0 Å². The summed E-state index contributed by atoms with van der Waals surface area (Å²) in [6.45, 7) is 0. The Hall–Kier alpha value is 0.160. The molecule has 4 nitrogen and oxygen atoms in total. The molecule has 0 aromatic heterocycles. The molecule has 0 atom stereocenters. The zero-order valence-corrected chi connectivity index (χ0v) is 8.24. The maximum Gasteiger partial charge on any atom is 0.224 e. The van der Waals surface area contributed by atoms with Gasteiger partial charge in [-0.15, -0.1) is 16.4 Å². The molecule has 68 valence electrons. The maximum absolute atomic E-state index is 11.0. The van der Waals surface area contributed by atoms with Gasteiger partial charge in [-0.05, 0) is 6.42 Å². The molecule has 0 saturated carbocycles. The van der Waals surface area contributed by atoms with Crippen molar-refractivity contribution in [3.05, 3.63) is 0 Å². The van der Waals surface area contributed by atoms with E-state index in [1.807, 2.05) is 0 Å². The van der Waals surface area contributed by atoms with E-state index >= 15 is 0 Å². The molecule has 0 radical (unpaired) electrons. The van der Waals surface area contributed by atoms with E-state index in [0.717, 1.165) is 0 Å². The molecule has 6 heteroatoms. The first-order chi connectivity index (χ1) is 4.98. The summed E-state index contributed by atoms with van der Waals surface area (Å²) >= 11 is 5.34. The Kier molecular flexibility index (Phi) is 4.99. The van der Waals surface area contributed by atoms with Crippen LogP contribution < -0.4 is 4.83 Å². The lowest BCUT2D eigenvalue weighted by molar-refractivity contribution is 0.364. The van der Waals surface area contributed by atoms with Gasteiger partial charge in [-0.3, -0.25) is 0 Å². The second-order valence-electron chi connectivity index (χ2n) is 2.35. The highest BCUT2D eigenvalue weighted by atomic mass is 35.5. The zero-order chi connectivity index (χ0) is 8.91. The molecule has 1 N–H and O–H groups in total. The fraction of sp³-hybridized carbons (Fsp3) is 1.00. The van der Waals surface area contributed by atoms with Crippen molar-refractivity contribution in [3.8, 4) is 0 Å². The average molecular weight is 201 g/mol. The number of halogens is 1. The van der Waals surface area contributed by atoms with Gasteiger partial charge in [0.05, 0.1) is 5.75 Å². The second-order valence-corrected chi connectivity index (χ2v) is 4.55. The minimum Gasteiger partial charge on any atom is -0.237 e. The van der Waals surface area contributed by atoms with Crippen LogP contribution in [0.5, 0.6) is 0 Å². The van der Waals surface area contributed by atoms with Crippen molar-refractivity contribution in [1.82, 2.24) is 9.84 Å². The predicted molar refractivity (Wildman–Crippen MR) is 45.9 cm³/mol. The Labute approximate surface area is 72.5 Å². The van der Waals surface area contributed by atoms with Crippen LogP contribution in [0.4, 0.5) is 0 Å². The lowest BCUT2D eigenvalue weighted by Crippen LogP contribution is -2.37. The van der Waals surface area contributed by atoms with E-state index in [-0.39, 0.29) is 5.75 Å². The Morgan fingerprint density at radius 2 is 2.00 bits per heavy atom. The quantitative estimate of drug-likeness (QED) is 0.503. The van der Waals surface area contributed by atoms with Crippen LogP contribution in [-0.2, 0) is 10.0 Å². The summed E-state index contributed by atoms with van der Waals surface area (Å²) in [5.41, 5.74) is 0. The first kappa shape index (κ1) is 11.2. The van der Waals surface area contributed by atoms with Crippen molar-refractivity contribution in [3.63, 3.8) is 0 Å². The van der Waals surface area contributed by atoms with Crippen LogP contribution in [0.2, 0.25) is 0 Å². The minimum absolute atomic E-state index is 0.0781. The molecular formula is C5H13ClN2O2S. The number of hydrogen-bond donors (Lipinski definition) is 1. The lowest BCUT2D eigenvalue weighted by atomic mass is 10.6. The maximum atomic E-state index is 11.0. The van der Waals surface area contributed by atoms with E-state index in [1.54, 1.807) is 14.1 Å². The largest absolute Gasteiger partial charge is 0.237 e. The van der Waals surface area contributed by atoms with Gasteiger partial charge in [0.1, 0.15) is 0 Å². The van der Waals surface area contributed by atoms with Gasteiger partial charge in [-0.2, -0.15) is 0 Å². The topological polar surface area (TPSA) is 49.4 Å². The van der Waals surface area contributed by atoms with Gasteiger partial charge in [-0.1, -0.05) is 0 Å². The molecule has 0 unspecified atom stereocenters. The number of hydrazine groups is 1. The van der Waals surface area contributed by atoms with E-state index in [9.17, 15) is 8.42 Å². The van der Waals surface area contributed by atoms with Crippen LogP contribution in [0.15, 0.2) is 0 Å². The minimum atomic E-state index is -3.15. The summed E-state index contributed by atoms with van der Waals surface area (Å²) in [4.78, 5) is 2.30. The third-order valence-electron chi connectivity index (χ3n) is 0.868. The fourth-order valence-electron chi connectivity index (χ4n) is 0.568. The van der Waals surface area contributed by atoms with Crippen molar-refractivity contribution < 1.29 is 8.42 Å². The summed E-state index contributed by atoms with van der Waals surface area (Å²) in [7, 11) is 0.0950. The van der Waals surface area contributed by atoms with Gasteiger partial charge in [-0.25, -0.2) is 13.4 Å². The lowest BCUT2D eigenvalue weighted by Gasteiger charge is -2.11. The van der Waals surface area contributed by atoms with Crippen molar-refractivity contribution >= 4 is 21.6 Å². The second kappa shape index (κ2) is 4.92. The van der Waals surface area contributed by atoms with E-state index in [1.165, 1.54) is 5.01 Å². The Balaban J connectivity index is 3.82. The number of nitrogens with zero attached hydrogens (tertiary/aromatic N) is 1. The Morgan fingerprint density at radius 1 is 1.45 bits per heavy atom. The molecule has 0 aromatic rings. The third-order valence-corrected chi connectivity index (χ3v) is 2.61. The normalized spacial score (nSPS) is 12.4. The zero-order valence-electron chi connectivity index (χ0n) is 6.67. The molecule has 0 saturated heterocycles. The van der Waals surface area contributed by atoms with Gasteiger partial charge in [0, 0.05) is 20.0 Å². The van der Waals surface area contributed by atoms with Gasteiger partial charge in [0.15, 0.2) is 0 Å². The molecule has 11 heavy (non-hydrogen) atoms. The van der Waals surface area contributed by atoms with Gasteiger partial charge < -0.3 is 0 Å². The molecule has 0 fully saturated rings. The summed E-state index contributed by atoms with van der Waals surface area (Å²) < 4.78 is 22.0. The summed E-state index contributed by atoms with van der Waals surface area (Å²) in [5, 5.41) is 1.39. The summed E-state index contributed by atoms with van der Waals surface area (Å²) in [6, 6.07) is 0. The van der Waals surface area contributed by atoms with Crippen LogP contribution in [0.1, 0.15) is 6.42 Å². The van der Waals surface area contributed by atoms with E-state index in [0.29, 0.717) is 12.3 Å². The first-order valence-electron chi connectivity index (χ1n) is 3.21. The van der Waals surface area contributed by atoms with E-state index < -0.39 is 10.0 Å². The summed E-state index contributed by atoms with van der Waals surface area (Å²) in [6.07, 6.45) is 0.477. The van der Waals surface area contributed by atoms with Gasteiger partial charge >= 0.3 is 0 Å². The number of sulfonamides is 1. The van der Waals surface area contributed by atoms with Crippen LogP contribution in [-0.4, -0.2) is 39.2 Å². The van der Waals surface area contributed by atoms with Crippen molar-refractivity contribution in [2.24, 2.45) is 0 Å². The monoisotopic (exact) mass is 200 g/mol. The smallest absolute Gasteiger partial charge is 0.224 e. The van der Waals surface area contributed by atoms with E-state index in [4.69, 9.17) is 11.6 Å². The SMILES string of the molecule is CN(C)NS(=O)(=O)CCCCl. The van der Waals surface area contributed by atoms with Gasteiger partial charge in [0.25, 0.3) is 0 Å². The Morgan fingerprint density at radius 3 is 2.36 bits per heavy atom.